The molecule has 0 nitrogen and oxygen atoms in total. The maximum Gasteiger partial charge on any atom is -0.00882 e. The van der Waals surface area contributed by atoms with Crippen LogP contribution in [0.5, 0.6) is 0 Å². The first kappa shape index (κ1) is 19.0. The first-order chi connectivity index (χ1) is 14.3. The van der Waals surface area contributed by atoms with Crippen molar-refractivity contribution in [3.05, 3.63) is 130 Å². The summed E-state index contributed by atoms with van der Waals surface area (Å²) in [5.41, 5.74) is 6.52. The molecule has 29 heavy (non-hydrogen) atoms. The van der Waals surface area contributed by atoms with E-state index in [1.807, 2.05) is 0 Å². The molecule has 0 spiro atoms. The highest BCUT2D eigenvalue weighted by Crippen LogP contribution is 2.15. The van der Waals surface area contributed by atoms with Crippen LogP contribution in [-0.2, 0) is 12.8 Å². The van der Waals surface area contributed by atoms with Crippen LogP contribution < -0.4 is 10.4 Å². The lowest BCUT2D eigenvalue weighted by Gasteiger charge is -2.06. The fourth-order valence-electron chi connectivity index (χ4n) is 3.55. The quantitative estimate of drug-likeness (QED) is 0.420. The van der Waals surface area contributed by atoms with Crippen molar-refractivity contribution in [3.63, 3.8) is 0 Å². The van der Waals surface area contributed by atoms with Gasteiger partial charge in [-0.15, -0.1) is 0 Å². The molecule has 0 aliphatic carbocycles. The molecule has 0 radical (unpaired) electrons. The molecule has 0 unspecified atom stereocenters. The minimum atomic E-state index is 0.937. The molecule has 4 aromatic carbocycles. The number of rotatable bonds is 5. The summed E-state index contributed by atoms with van der Waals surface area (Å²) >= 11 is 0. The number of hydrogen-bond donors (Lipinski definition) is 0. The number of hydrogen-bond acceptors (Lipinski definition) is 0. The first-order valence-electron chi connectivity index (χ1n) is 10.2. The Morgan fingerprint density at radius 3 is 1.79 bits per heavy atom. The summed E-state index contributed by atoms with van der Waals surface area (Å²) in [4.78, 5) is 0. The van der Waals surface area contributed by atoms with Gasteiger partial charge in [-0.25, -0.2) is 0 Å². The lowest BCUT2D eigenvalue weighted by Crippen LogP contribution is -2.12. The van der Waals surface area contributed by atoms with Crippen LogP contribution in [-0.4, -0.2) is 0 Å². The van der Waals surface area contributed by atoms with Crippen molar-refractivity contribution in [1.82, 2.24) is 0 Å². The molecule has 0 aliphatic heterocycles. The summed E-state index contributed by atoms with van der Waals surface area (Å²) in [6.45, 7) is 2.14. The topological polar surface area (TPSA) is 0 Å². The highest BCUT2D eigenvalue weighted by Gasteiger charge is 2.01. The van der Waals surface area contributed by atoms with E-state index >= 15 is 0 Å². The second kappa shape index (κ2) is 9.21. The Labute approximate surface area is 173 Å². The molecule has 0 saturated carbocycles. The molecular weight excluding hydrogens is 348 g/mol. The molecule has 0 heterocycles. The van der Waals surface area contributed by atoms with Gasteiger partial charge in [0.15, 0.2) is 0 Å². The Morgan fingerprint density at radius 2 is 1.17 bits per heavy atom. The Kier molecular flexibility index (Phi) is 6.02. The molecule has 142 valence electrons. The van der Waals surface area contributed by atoms with Crippen molar-refractivity contribution in [1.29, 1.82) is 0 Å². The van der Waals surface area contributed by atoms with Crippen LogP contribution in [0, 0.1) is 6.92 Å². The van der Waals surface area contributed by atoms with Crippen molar-refractivity contribution < 1.29 is 0 Å². The summed E-state index contributed by atoms with van der Waals surface area (Å²) in [5.74, 6) is 0. The van der Waals surface area contributed by atoms with Crippen LogP contribution in [0.2, 0.25) is 0 Å². The van der Waals surface area contributed by atoms with Gasteiger partial charge in [0.25, 0.3) is 0 Å². The predicted octanol–water partition coefficient (Wildman–Crippen LogP) is 5.71. The van der Waals surface area contributed by atoms with Gasteiger partial charge in [0.05, 0.1) is 0 Å². The van der Waals surface area contributed by atoms with E-state index < -0.39 is 0 Å². The molecule has 0 bridgehead atoms. The average molecular weight is 375 g/mol. The monoisotopic (exact) mass is 374 g/mol. The molecule has 0 saturated heterocycles. The molecule has 0 amide bonds. The van der Waals surface area contributed by atoms with Gasteiger partial charge in [0, 0.05) is 0 Å². The van der Waals surface area contributed by atoms with Gasteiger partial charge in [-0.1, -0.05) is 115 Å². The number of benzene rings is 4. The van der Waals surface area contributed by atoms with Crippen molar-refractivity contribution in [2.75, 3.05) is 0 Å². The van der Waals surface area contributed by atoms with Gasteiger partial charge in [0.1, 0.15) is 0 Å². The van der Waals surface area contributed by atoms with Crippen LogP contribution >= 0.6 is 0 Å². The fourth-order valence-corrected chi connectivity index (χ4v) is 3.55. The van der Waals surface area contributed by atoms with E-state index in [9.17, 15) is 0 Å². The van der Waals surface area contributed by atoms with E-state index in [1.165, 1.54) is 38.3 Å². The third kappa shape index (κ3) is 5.12. The van der Waals surface area contributed by atoms with Gasteiger partial charge in [-0.05, 0) is 58.5 Å². The molecule has 0 atom stereocenters. The van der Waals surface area contributed by atoms with E-state index in [0.717, 1.165) is 12.8 Å². The standard InChI is InChI=1S/C29H26/c1-23-12-18-27(19-13-23)29-22-26(15-14-24-8-4-2-5-9-24)17-21-28(29)20-16-25-10-6-3-7-11-25/h2-13,15,17-22H,14,16H2,1H3. The molecule has 0 N–H and O–H groups in total. The third-order valence-corrected chi connectivity index (χ3v) is 5.26. The summed E-state index contributed by atoms with van der Waals surface area (Å²) in [6.07, 6.45) is 6.54. The maximum absolute atomic E-state index is 2.34. The van der Waals surface area contributed by atoms with Gasteiger partial charge >= 0.3 is 0 Å². The van der Waals surface area contributed by atoms with Crippen molar-refractivity contribution >= 4 is 12.2 Å². The number of aryl methyl sites for hydroxylation is 1. The third-order valence-electron chi connectivity index (χ3n) is 5.26. The second-order valence-electron chi connectivity index (χ2n) is 7.50. The molecule has 0 aromatic heterocycles. The Morgan fingerprint density at radius 1 is 0.586 bits per heavy atom. The molecule has 0 aliphatic rings. The van der Waals surface area contributed by atoms with E-state index in [0.29, 0.717) is 0 Å². The minimum Gasteiger partial charge on any atom is -0.0728 e. The summed E-state index contributed by atoms with van der Waals surface area (Å²) < 4.78 is 0. The molecule has 4 rings (SSSR count). The van der Waals surface area contributed by atoms with Crippen molar-refractivity contribution in [3.8, 4) is 11.1 Å². The highest BCUT2D eigenvalue weighted by atomic mass is 14.1. The minimum absolute atomic E-state index is 0.937. The Bertz CT molecular complexity index is 1170. The zero-order valence-corrected chi connectivity index (χ0v) is 16.9. The van der Waals surface area contributed by atoms with Crippen molar-refractivity contribution in [2.24, 2.45) is 0 Å². The summed E-state index contributed by atoms with van der Waals surface area (Å²) in [5, 5.41) is 2.55. The largest absolute Gasteiger partial charge is 0.0728 e. The molecule has 4 aromatic rings. The second-order valence-corrected chi connectivity index (χ2v) is 7.50. The van der Waals surface area contributed by atoms with Gasteiger partial charge < -0.3 is 0 Å². The average Bonchev–Trinajstić information content (AvgIpc) is 2.78. The van der Waals surface area contributed by atoms with Crippen LogP contribution in [0.25, 0.3) is 23.3 Å². The smallest absolute Gasteiger partial charge is 0.00882 e. The van der Waals surface area contributed by atoms with Gasteiger partial charge in [0.2, 0.25) is 0 Å². The predicted molar refractivity (Wildman–Crippen MR) is 125 cm³/mol. The SMILES string of the molecule is Cc1ccc(-c2cc(=CCc3ccccc3)ccc2=CCc2ccccc2)cc1. The normalized spacial score (nSPS) is 12.3. The summed E-state index contributed by atoms with van der Waals surface area (Å²) in [6, 6.07) is 36.9. The Balaban J connectivity index is 1.73. The van der Waals surface area contributed by atoms with Crippen molar-refractivity contribution in [2.45, 2.75) is 19.8 Å². The zero-order valence-electron chi connectivity index (χ0n) is 16.9. The molecule has 0 fully saturated rings. The summed E-state index contributed by atoms with van der Waals surface area (Å²) in [7, 11) is 0. The maximum atomic E-state index is 2.34. The van der Waals surface area contributed by atoms with E-state index in [-0.39, 0.29) is 0 Å². The van der Waals surface area contributed by atoms with E-state index in [4.69, 9.17) is 0 Å². The van der Waals surface area contributed by atoms with Crippen LogP contribution in [0.3, 0.4) is 0 Å². The van der Waals surface area contributed by atoms with E-state index in [1.54, 1.807) is 0 Å². The lowest BCUT2D eigenvalue weighted by molar-refractivity contribution is 1.31. The molecular formula is C29H26. The van der Waals surface area contributed by atoms with Crippen LogP contribution in [0.15, 0.2) is 103 Å². The van der Waals surface area contributed by atoms with Crippen LogP contribution in [0.4, 0.5) is 0 Å². The first-order valence-corrected chi connectivity index (χ1v) is 10.2. The highest BCUT2D eigenvalue weighted by molar-refractivity contribution is 5.66. The van der Waals surface area contributed by atoms with E-state index in [2.05, 4.69) is 122 Å². The Hall–Kier alpha value is -3.38. The fraction of sp³-hybridized carbons (Fsp3) is 0.103. The van der Waals surface area contributed by atoms with Gasteiger partial charge in [-0.3, -0.25) is 0 Å². The van der Waals surface area contributed by atoms with Gasteiger partial charge in [-0.2, -0.15) is 0 Å². The van der Waals surface area contributed by atoms with Crippen LogP contribution in [0.1, 0.15) is 16.7 Å². The lowest BCUT2D eigenvalue weighted by atomic mass is 9.99. The zero-order chi connectivity index (χ0) is 19.9. The molecule has 0 heteroatoms.